The summed E-state index contributed by atoms with van der Waals surface area (Å²) in [5, 5.41) is 7.31. The summed E-state index contributed by atoms with van der Waals surface area (Å²) in [5.41, 5.74) is 0. The van der Waals surface area contributed by atoms with Crippen molar-refractivity contribution in [2.24, 2.45) is 0 Å². The Morgan fingerprint density at radius 1 is 1.40 bits per heavy atom. The second kappa shape index (κ2) is 4.89. The lowest BCUT2D eigenvalue weighted by Crippen LogP contribution is -2.17. The van der Waals surface area contributed by atoms with E-state index in [9.17, 15) is 13.2 Å². The molecule has 0 amide bonds. The molecule has 0 rings (SSSR count). The molecule has 1 N–H and O–H groups in total. The van der Waals surface area contributed by atoms with E-state index >= 15 is 0 Å². The maximum atomic E-state index is 10.7. The minimum atomic E-state index is -5.08. The highest BCUT2D eigenvalue weighted by Gasteiger charge is 2.33. The third-order valence-corrected chi connectivity index (χ3v) is 0.203. The molecule has 3 nitrogen and oxygen atoms in total. The van der Waals surface area contributed by atoms with E-state index in [0.717, 1.165) is 0 Å². The summed E-state index contributed by atoms with van der Waals surface area (Å²) in [6.45, 7) is 4.00. The van der Waals surface area contributed by atoms with Gasteiger partial charge in [0.05, 0.1) is 0 Å². The van der Waals surface area contributed by atoms with Gasteiger partial charge in [0, 0.05) is 0 Å². The first-order chi connectivity index (χ1) is 4.42. The normalized spacial score (nSPS) is 9.30. The fourth-order valence-electron chi connectivity index (χ4n) is 0.0990. The van der Waals surface area contributed by atoms with E-state index in [0.29, 0.717) is 0 Å². The highest BCUT2D eigenvalue weighted by molar-refractivity contribution is 5.56. The van der Waals surface area contributed by atoms with Crippen molar-refractivity contribution in [3.05, 3.63) is 0 Å². The highest BCUT2D eigenvalue weighted by atomic mass is 19.4. The standard InChI is InChI=1S/C2HF3O3.C2H6/c3-2(4,5)8-1(6)7;1-2/h(H,6,7);1-2H3. The van der Waals surface area contributed by atoms with Gasteiger partial charge in [-0.3, -0.25) is 0 Å². The minimum absolute atomic E-state index is 2.00. The van der Waals surface area contributed by atoms with E-state index < -0.39 is 12.5 Å². The fourth-order valence-corrected chi connectivity index (χ4v) is 0.0990. The lowest BCUT2D eigenvalue weighted by molar-refractivity contribution is -0.297. The van der Waals surface area contributed by atoms with E-state index in [1.807, 2.05) is 13.8 Å². The topological polar surface area (TPSA) is 46.5 Å². The Bertz CT molecular complexity index is 98.4. The molecule has 0 radical (unpaired) electrons. The number of carbonyl (C=O) groups is 1. The van der Waals surface area contributed by atoms with E-state index in [1.165, 1.54) is 0 Å². The van der Waals surface area contributed by atoms with Crippen LogP contribution < -0.4 is 0 Å². The van der Waals surface area contributed by atoms with Crippen LogP contribution in [-0.4, -0.2) is 17.6 Å². The Labute approximate surface area is 55.4 Å². The van der Waals surface area contributed by atoms with Crippen LogP contribution in [0.5, 0.6) is 0 Å². The monoisotopic (exact) mass is 160 g/mol. The first-order valence-corrected chi connectivity index (χ1v) is 2.40. The van der Waals surface area contributed by atoms with Crippen molar-refractivity contribution >= 4 is 6.16 Å². The molecule has 10 heavy (non-hydrogen) atoms. The summed E-state index contributed by atoms with van der Waals surface area (Å²) in [4.78, 5) is 9.07. The van der Waals surface area contributed by atoms with Crippen LogP contribution in [0.2, 0.25) is 0 Å². The Kier molecular flexibility index (Phi) is 5.78. The van der Waals surface area contributed by atoms with Gasteiger partial charge in [0.1, 0.15) is 0 Å². The lowest BCUT2D eigenvalue weighted by Gasteiger charge is -2.00. The van der Waals surface area contributed by atoms with Crippen LogP contribution in [0.3, 0.4) is 0 Å². The quantitative estimate of drug-likeness (QED) is 0.552. The zero-order valence-electron chi connectivity index (χ0n) is 5.40. The molecule has 0 spiro atoms. The van der Waals surface area contributed by atoms with Crippen molar-refractivity contribution in [2.45, 2.75) is 20.2 Å². The molecule has 0 aliphatic carbocycles. The number of ether oxygens (including phenoxy) is 1. The molecule has 0 aliphatic heterocycles. The summed E-state index contributed by atoms with van der Waals surface area (Å²) in [7, 11) is 0. The van der Waals surface area contributed by atoms with Gasteiger partial charge in [-0.05, 0) is 0 Å². The van der Waals surface area contributed by atoms with Gasteiger partial charge in [-0.15, -0.1) is 13.2 Å². The number of rotatable bonds is 0. The second-order valence-corrected chi connectivity index (χ2v) is 0.814. The van der Waals surface area contributed by atoms with E-state index in [4.69, 9.17) is 9.90 Å². The molecular weight excluding hydrogens is 153 g/mol. The maximum Gasteiger partial charge on any atom is 0.577 e. The zero-order chi connectivity index (χ0) is 8.78. The van der Waals surface area contributed by atoms with Crippen molar-refractivity contribution in [3.63, 3.8) is 0 Å². The van der Waals surface area contributed by atoms with Gasteiger partial charge < -0.3 is 9.84 Å². The summed E-state index contributed by atoms with van der Waals surface area (Å²) in [6.07, 6.45) is -7.43. The van der Waals surface area contributed by atoms with Crippen LogP contribution in [0.4, 0.5) is 18.0 Å². The van der Waals surface area contributed by atoms with Crippen molar-refractivity contribution < 1.29 is 27.8 Å². The smallest absolute Gasteiger partial charge is 0.450 e. The first kappa shape index (κ1) is 11.8. The lowest BCUT2D eigenvalue weighted by atomic mass is 11.0. The molecule has 0 saturated heterocycles. The zero-order valence-corrected chi connectivity index (χ0v) is 5.40. The number of halogens is 3. The third kappa shape index (κ3) is 15.7. The molecule has 62 valence electrons. The first-order valence-electron chi connectivity index (χ1n) is 2.40. The van der Waals surface area contributed by atoms with Crippen molar-refractivity contribution in [3.8, 4) is 0 Å². The molecule has 0 fully saturated rings. The van der Waals surface area contributed by atoms with E-state index in [1.54, 1.807) is 0 Å². The van der Waals surface area contributed by atoms with Gasteiger partial charge in [-0.25, -0.2) is 4.79 Å². The van der Waals surface area contributed by atoms with Gasteiger partial charge in [-0.1, -0.05) is 13.8 Å². The Morgan fingerprint density at radius 3 is 1.70 bits per heavy atom. The molecule has 6 heteroatoms. The number of hydrogen-bond acceptors (Lipinski definition) is 2. The molecule has 0 aliphatic rings. The second-order valence-electron chi connectivity index (χ2n) is 0.814. The largest absolute Gasteiger partial charge is 0.577 e. The molecule has 0 heterocycles. The average Bonchev–Trinajstić information content (AvgIpc) is 1.64. The maximum absolute atomic E-state index is 10.7. The summed E-state index contributed by atoms with van der Waals surface area (Å²) in [5.74, 6) is 0. The molecule has 0 aromatic carbocycles. The van der Waals surface area contributed by atoms with E-state index in [-0.39, 0.29) is 0 Å². The summed E-state index contributed by atoms with van der Waals surface area (Å²) < 4.78 is 34.5. The predicted molar refractivity (Wildman–Crippen MR) is 26.5 cm³/mol. The third-order valence-electron chi connectivity index (χ3n) is 0.203. The van der Waals surface area contributed by atoms with Gasteiger partial charge in [0.25, 0.3) is 0 Å². The van der Waals surface area contributed by atoms with Crippen LogP contribution >= 0.6 is 0 Å². The average molecular weight is 160 g/mol. The van der Waals surface area contributed by atoms with Crippen LogP contribution in [0.15, 0.2) is 0 Å². The molecule has 0 bridgehead atoms. The highest BCUT2D eigenvalue weighted by Crippen LogP contribution is 2.15. The SMILES string of the molecule is CC.O=C(O)OC(F)(F)F. The number of carboxylic acid groups (broad SMARTS) is 1. The summed E-state index contributed by atoms with van der Waals surface area (Å²) in [6, 6.07) is 0. The molecule has 0 atom stereocenters. The minimum Gasteiger partial charge on any atom is -0.450 e. The Hall–Kier alpha value is -0.940. The van der Waals surface area contributed by atoms with Gasteiger partial charge in [-0.2, -0.15) is 0 Å². The predicted octanol–water partition coefficient (Wildman–Crippen LogP) is 2.23. The molecule has 0 aromatic heterocycles. The van der Waals surface area contributed by atoms with Crippen molar-refractivity contribution in [2.75, 3.05) is 0 Å². The van der Waals surface area contributed by atoms with Crippen LogP contribution in [0.1, 0.15) is 13.8 Å². The van der Waals surface area contributed by atoms with Crippen LogP contribution in [0.25, 0.3) is 0 Å². The van der Waals surface area contributed by atoms with E-state index in [2.05, 4.69) is 4.74 Å². The Balaban J connectivity index is 0. The number of hydrogen-bond donors (Lipinski definition) is 1. The van der Waals surface area contributed by atoms with Crippen molar-refractivity contribution in [1.29, 1.82) is 0 Å². The molecule has 0 unspecified atom stereocenters. The molecule has 0 saturated carbocycles. The van der Waals surface area contributed by atoms with Crippen LogP contribution in [0, 0.1) is 0 Å². The molecular formula is C4H7F3O3. The fraction of sp³-hybridized carbons (Fsp3) is 0.750. The Morgan fingerprint density at radius 2 is 1.70 bits per heavy atom. The van der Waals surface area contributed by atoms with Gasteiger partial charge in [0.2, 0.25) is 0 Å². The van der Waals surface area contributed by atoms with Crippen LogP contribution in [-0.2, 0) is 4.74 Å². The molecule has 0 aromatic rings. The van der Waals surface area contributed by atoms with Gasteiger partial charge in [0.15, 0.2) is 0 Å². The van der Waals surface area contributed by atoms with Gasteiger partial charge >= 0.3 is 12.5 Å². The number of alkyl halides is 3. The van der Waals surface area contributed by atoms with Crippen molar-refractivity contribution in [1.82, 2.24) is 0 Å². The summed E-state index contributed by atoms with van der Waals surface area (Å²) >= 11 is 0.